The Morgan fingerprint density at radius 2 is 1.61 bits per heavy atom. The third kappa shape index (κ3) is 5.72. The first-order chi connectivity index (χ1) is 14.5. The minimum Gasteiger partial charge on any atom is -0.493 e. The van der Waals surface area contributed by atoms with E-state index in [0.29, 0.717) is 29.8 Å². The summed E-state index contributed by atoms with van der Waals surface area (Å²) in [6.45, 7) is 1.29. The maximum atomic E-state index is 13.3. The summed E-state index contributed by atoms with van der Waals surface area (Å²) in [6, 6.07) is 10.7. The largest absolute Gasteiger partial charge is 0.493 e. The van der Waals surface area contributed by atoms with Crippen molar-refractivity contribution >= 4 is 29.9 Å². The maximum Gasteiger partial charge on any atom is 0.203 e. The van der Waals surface area contributed by atoms with Crippen LogP contribution in [-0.2, 0) is 12.0 Å². The fourth-order valence-corrected chi connectivity index (χ4v) is 3.87. The van der Waals surface area contributed by atoms with E-state index in [2.05, 4.69) is 15.6 Å². The van der Waals surface area contributed by atoms with Crippen LogP contribution >= 0.6 is 24.0 Å². The molecule has 0 bridgehead atoms. The first kappa shape index (κ1) is 25.0. The van der Waals surface area contributed by atoms with Crippen molar-refractivity contribution < 1.29 is 18.6 Å². The summed E-state index contributed by atoms with van der Waals surface area (Å²) in [7, 11) is 6.53. The highest BCUT2D eigenvalue weighted by Crippen LogP contribution is 2.43. The van der Waals surface area contributed by atoms with Gasteiger partial charge in [-0.05, 0) is 48.2 Å². The Kier molecular flexibility index (Phi) is 9.21. The van der Waals surface area contributed by atoms with E-state index in [4.69, 9.17) is 14.2 Å². The lowest BCUT2D eigenvalue weighted by Gasteiger charge is -2.43. The van der Waals surface area contributed by atoms with Gasteiger partial charge < -0.3 is 24.8 Å². The van der Waals surface area contributed by atoms with Crippen molar-refractivity contribution in [3.05, 3.63) is 53.3 Å². The first-order valence-electron chi connectivity index (χ1n) is 10.0. The lowest BCUT2D eigenvalue weighted by molar-refractivity contribution is 0.243. The van der Waals surface area contributed by atoms with Crippen molar-refractivity contribution in [1.29, 1.82) is 0 Å². The molecule has 1 aliphatic rings. The monoisotopic (exact) mass is 543 g/mol. The number of nitrogens with zero attached hydrogens (tertiary/aromatic N) is 1. The average molecular weight is 543 g/mol. The molecule has 3 rings (SSSR count). The molecule has 0 aliphatic heterocycles. The summed E-state index contributed by atoms with van der Waals surface area (Å²) < 4.78 is 29.5. The van der Waals surface area contributed by atoms with Crippen LogP contribution < -0.4 is 24.8 Å². The van der Waals surface area contributed by atoms with Crippen LogP contribution in [-0.4, -0.2) is 40.9 Å². The molecular weight excluding hydrogens is 512 g/mol. The number of hydrogen-bond donors (Lipinski definition) is 2. The average Bonchev–Trinajstić information content (AvgIpc) is 2.75. The number of guanidine groups is 1. The van der Waals surface area contributed by atoms with Crippen molar-refractivity contribution in [2.24, 2.45) is 4.99 Å². The summed E-state index contributed by atoms with van der Waals surface area (Å²) in [5.41, 5.74) is 2.17. The Morgan fingerprint density at radius 3 is 2.06 bits per heavy atom. The molecule has 0 heterocycles. The van der Waals surface area contributed by atoms with Crippen LogP contribution in [0.5, 0.6) is 17.2 Å². The van der Waals surface area contributed by atoms with Crippen molar-refractivity contribution in [2.75, 3.05) is 34.9 Å². The minimum absolute atomic E-state index is 0. The Morgan fingerprint density at radius 1 is 1.00 bits per heavy atom. The standard InChI is InChI=1S/C23H30FN3O3.HI/c1-25-22(26-14-16-12-19(28-2)21(30-4)20(13-16)29-3)27-15-23(10-5-11-23)17-6-8-18(24)9-7-17;/h6-9,12-13H,5,10-11,14-15H2,1-4H3,(H2,25,26,27);1H. The van der Waals surface area contributed by atoms with E-state index < -0.39 is 0 Å². The van der Waals surface area contributed by atoms with E-state index in [9.17, 15) is 4.39 Å². The summed E-state index contributed by atoms with van der Waals surface area (Å²) in [6.07, 6.45) is 3.33. The molecule has 0 radical (unpaired) electrons. The van der Waals surface area contributed by atoms with Gasteiger partial charge in [-0.2, -0.15) is 0 Å². The third-order valence-electron chi connectivity index (χ3n) is 5.77. The Bertz CT molecular complexity index is 861. The highest BCUT2D eigenvalue weighted by Gasteiger charge is 2.38. The summed E-state index contributed by atoms with van der Waals surface area (Å²) >= 11 is 0. The second-order valence-corrected chi connectivity index (χ2v) is 7.45. The molecule has 0 saturated heterocycles. The number of nitrogens with one attached hydrogen (secondary N) is 2. The number of halogens is 2. The number of benzene rings is 2. The Balaban J connectivity index is 0.00000341. The fourth-order valence-electron chi connectivity index (χ4n) is 3.87. The molecular formula is C23H31FIN3O3. The zero-order chi connectivity index (χ0) is 21.6. The molecule has 8 heteroatoms. The molecule has 0 spiro atoms. The molecule has 0 atom stereocenters. The quantitative estimate of drug-likeness (QED) is 0.296. The minimum atomic E-state index is -0.205. The lowest BCUT2D eigenvalue weighted by atomic mass is 9.64. The van der Waals surface area contributed by atoms with Gasteiger partial charge in [-0.3, -0.25) is 4.99 Å². The zero-order valence-electron chi connectivity index (χ0n) is 18.5. The van der Waals surface area contributed by atoms with E-state index in [1.807, 2.05) is 24.3 Å². The van der Waals surface area contributed by atoms with E-state index in [1.54, 1.807) is 28.4 Å². The van der Waals surface area contributed by atoms with Crippen LogP contribution in [0, 0.1) is 5.82 Å². The first-order valence-corrected chi connectivity index (χ1v) is 10.0. The highest BCUT2D eigenvalue weighted by atomic mass is 127. The second-order valence-electron chi connectivity index (χ2n) is 7.45. The number of methoxy groups -OCH3 is 3. The molecule has 1 saturated carbocycles. The van der Waals surface area contributed by atoms with Crippen molar-refractivity contribution in [1.82, 2.24) is 10.6 Å². The van der Waals surface area contributed by atoms with Gasteiger partial charge in [0.05, 0.1) is 21.3 Å². The van der Waals surface area contributed by atoms with Gasteiger partial charge in [0, 0.05) is 25.6 Å². The van der Waals surface area contributed by atoms with Gasteiger partial charge in [0.1, 0.15) is 5.82 Å². The molecule has 170 valence electrons. The molecule has 2 aromatic rings. The Labute approximate surface area is 200 Å². The summed E-state index contributed by atoms with van der Waals surface area (Å²) in [5, 5.41) is 6.77. The number of aliphatic imine (C=N–C) groups is 1. The molecule has 0 unspecified atom stereocenters. The zero-order valence-corrected chi connectivity index (χ0v) is 20.8. The van der Waals surface area contributed by atoms with E-state index >= 15 is 0 Å². The van der Waals surface area contributed by atoms with Crippen LogP contribution in [0.3, 0.4) is 0 Å². The second kappa shape index (κ2) is 11.4. The van der Waals surface area contributed by atoms with Crippen LogP contribution in [0.1, 0.15) is 30.4 Å². The fraction of sp³-hybridized carbons (Fsp3) is 0.435. The van der Waals surface area contributed by atoms with Crippen LogP contribution in [0.25, 0.3) is 0 Å². The van der Waals surface area contributed by atoms with Gasteiger partial charge in [-0.1, -0.05) is 18.6 Å². The Hall–Kier alpha value is -2.23. The van der Waals surface area contributed by atoms with Crippen molar-refractivity contribution in [3.8, 4) is 17.2 Å². The van der Waals surface area contributed by atoms with E-state index in [-0.39, 0.29) is 35.2 Å². The molecule has 2 N–H and O–H groups in total. The van der Waals surface area contributed by atoms with Crippen molar-refractivity contribution in [3.63, 3.8) is 0 Å². The lowest BCUT2D eigenvalue weighted by Crippen LogP contribution is -2.48. The van der Waals surface area contributed by atoms with Gasteiger partial charge >= 0.3 is 0 Å². The molecule has 31 heavy (non-hydrogen) atoms. The predicted octanol–water partition coefficient (Wildman–Crippen LogP) is 4.26. The smallest absolute Gasteiger partial charge is 0.203 e. The maximum absolute atomic E-state index is 13.3. The van der Waals surface area contributed by atoms with Gasteiger partial charge in [-0.25, -0.2) is 4.39 Å². The molecule has 2 aromatic carbocycles. The molecule has 6 nitrogen and oxygen atoms in total. The van der Waals surface area contributed by atoms with Gasteiger partial charge in [0.2, 0.25) is 5.75 Å². The normalized spacial score (nSPS) is 14.7. The van der Waals surface area contributed by atoms with E-state index in [0.717, 1.165) is 24.9 Å². The van der Waals surface area contributed by atoms with Gasteiger partial charge in [0.15, 0.2) is 17.5 Å². The van der Waals surface area contributed by atoms with E-state index in [1.165, 1.54) is 24.1 Å². The predicted molar refractivity (Wildman–Crippen MR) is 132 cm³/mol. The van der Waals surface area contributed by atoms with Gasteiger partial charge in [-0.15, -0.1) is 24.0 Å². The number of hydrogen-bond acceptors (Lipinski definition) is 4. The van der Waals surface area contributed by atoms with Gasteiger partial charge in [0.25, 0.3) is 0 Å². The third-order valence-corrected chi connectivity index (χ3v) is 5.77. The van der Waals surface area contributed by atoms with Crippen LogP contribution in [0.4, 0.5) is 4.39 Å². The molecule has 1 aliphatic carbocycles. The number of rotatable bonds is 8. The summed E-state index contributed by atoms with van der Waals surface area (Å²) in [4.78, 5) is 4.34. The summed E-state index contributed by atoms with van der Waals surface area (Å²) in [5.74, 6) is 2.29. The molecule has 0 aromatic heterocycles. The molecule has 1 fully saturated rings. The van der Waals surface area contributed by atoms with Crippen LogP contribution in [0.2, 0.25) is 0 Å². The topological polar surface area (TPSA) is 64.1 Å². The molecule has 0 amide bonds. The van der Waals surface area contributed by atoms with Crippen molar-refractivity contribution in [2.45, 2.75) is 31.2 Å². The highest BCUT2D eigenvalue weighted by molar-refractivity contribution is 14.0. The van der Waals surface area contributed by atoms with Crippen LogP contribution in [0.15, 0.2) is 41.4 Å². The number of ether oxygens (including phenoxy) is 3. The SMILES string of the molecule is CN=C(NCc1cc(OC)c(OC)c(OC)c1)NCC1(c2ccc(F)cc2)CCC1.I.